The summed E-state index contributed by atoms with van der Waals surface area (Å²) in [5, 5.41) is 2.46. The van der Waals surface area contributed by atoms with Crippen LogP contribution in [-0.4, -0.2) is 12.7 Å². The molecule has 0 spiro atoms. The van der Waals surface area contributed by atoms with Gasteiger partial charge in [-0.15, -0.1) is 0 Å². The largest absolute Gasteiger partial charge is 0.376 e. The van der Waals surface area contributed by atoms with Crippen LogP contribution in [-0.2, 0) is 4.74 Å². The minimum atomic E-state index is -0.0328. The lowest BCUT2D eigenvalue weighted by Gasteiger charge is -2.36. The lowest BCUT2D eigenvalue weighted by atomic mass is 9.82. The van der Waals surface area contributed by atoms with E-state index >= 15 is 0 Å². The molecule has 0 saturated carbocycles. The summed E-state index contributed by atoms with van der Waals surface area (Å²) in [7, 11) is 0. The van der Waals surface area contributed by atoms with Crippen molar-refractivity contribution in [2.45, 2.75) is 39.8 Å². The fourth-order valence-corrected chi connectivity index (χ4v) is 2.79. The second-order valence-corrected chi connectivity index (χ2v) is 6.49. The van der Waals surface area contributed by atoms with Gasteiger partial charge in [0.15, 0.2) is 0 Å². The number of benzene rings is 2. The van der Waals surface area contributed by atoms with Gasteiger partial charge in [0.25, 0.3) is 0 Å². The Bertz CT molecular complexity index is 589. The van der Waals surface area contributed by atoms with E-state index in [-0.39, 0.29) is 17.6 Å². The minimum absolute atomic E-state index is 0.00130. The molecule has 0 fully saturated rings. The smallest absolute Gasteiger partial charge is 0.0830 e. The molecule has 3 N–H and O–H groups in total. The molecule has 0 heterocycles. The van der Waals surface area contributed by atoms with Crippen molar-refractivity contribution in [3.8, 4) is 0 Å². The first kappa shape index (κ1) is 16.0. The van der Waals surface area contributed by atoms with Gasteiger partial charge in [-0.1, -0.05) is 57.2 Å². The maximum absolute atomic E-state index is 5.98. The molecule has 0 amide bonds. The van der Waals surface area contributed by atoms with E-state index in [1.54, 1.807) is 0 Å². The summed E-state index contributed by atoms with van der Waals surface area (Å²) < 4.78 is 5.98. The number of nitrogens with one attached hydrogen (secondary N) is 1. The Morgan fingerprint density at radius 3 is 2.33 bits per heavy atom. The summed E-state index contributed by atoms with van der Waals surface area (Å²) in [6.45, 7) is 9.23. The van der Waals surface area contributed by atoms with Gasteiger partial charge in [0, 0.05) is 6.61 Å². The van der Waals surface area contributed by atoms with Crippen LogP contribution in [0, 0.1) is 5.41 Å². The van der Waals surface area contributed by atoms with E-state index in [0.717, 1.165) is 5.56 Å². The average molecular weight is 286 g/mol. The molecular formula is C18H26N2O. The van der Waals surface area contributed by atoms with Crippen LogP contribution >= 0.6 is 0 Å². The maximum atomic E-state index is 5.98. The fraction of sp³-hybridized carbons (Fsp3) is 0.444. The van der Waals surface area contributed by atoms with Crippen molar-refractivity contribution in [1.29, 1.82) is 0 Å². The third kappa shape index (κ3) is 3.62. The van der Waals surface area contributed by atoms with E-state index in [4.69, 9.17) is 10.6 Å². The molecule has 3 nitrogen and oxygen atoms in total. The van der Waals surface area contributed by atoms with E-state index in [1.165, 1.54) is 10.8 Å². The molecular weight excluding hydrogens is 260 g/mol. The molecule has 0 aliphatic rings. The van der Waals surface area contributed by atoms with Crippen molar-refractivity contribution >= 4 is 10.8 Å². The zero-order chi connectivity index (χ0) is 15.5. The van der Waals surface area contributed by atoms with Gasteiger partial charge in [0.2, 0.25) is 0 Å². The maximum Gasteiger partial charge on any atom is 0.0830 e. The van der Waals surface area contributed by atoms with E-state index in [1.807, 2.05) is 6.92 Å². The first-order valence-corrected chi connectivity index (χ1v) is 7.53. The van der Waals surface area contributed by atoms with E-state index in [0.29, 0.717) is 6.61 Å². The van der Waals surface area contributed by atoms with Crippen molar-refractivity contribution in [1.82, 2.24) is 5.43 Å². The number of hydrazine groups is 1. The summed E-state index contributed by atoms with van der Waals surface area (Å²) in [6, 6.07) is 14.8. The normalized spacial score (nSPS) is 15.1. The van der Waals surface area contributed by atoms with E-state index in [9.17, 15) is 0 Å². The lowest BCUT2D eigenvalue weighted by Crippen LogP contribution is -2.44. The monoisotopic (exact) mass is 286 g/mol. The molecule has 3 heteroatoms. The molecule has 2 aromatic carbocycles. The summed E-state index contributed by atoms with van der Waals surface area (Å²) in [5.41, 5.74) is 4.11. The van der Waals surface area contributed by atoms with Gasteiger partial charge in [-0.25, -0.2) is 0 Å². The van der Waals surface area contributed by atoms with Gasteiger partial charge >= 0.3 is 0 Å². The number of hydrogen-bond donors (Lipinski definition) is 2. The van der Waals surface area contributed by atoms with Crippen LogP contribution in [0.1, 0.15) is 39.3 Å². The third-order valence-electron chi connectivity index (χ3n) is 3.81. The quantitative estimate of drug-likeness (QED) is 0.649. The average Bonchev–Trinajstić information content (AvgIpc) is 2.46. The highest BCUT2D eigenvalue weighted by Crippen LogP contribution is 2.33. The van der Waals surface area contributed by atoms with Crippen LogP contribution < -0.4 is 11.3 Å². The number of ether oxygens (including phenoxy) is 1. The number of nitrogens with two attached hydrogens (primary N) is 1. The summed E-state index contributed by atoms with van der Waals surface area (Å²) in [5.74, 6) is 5.85. The molecule has 2 atom stereocenters. The molecule has 2 unspecified atom stereocenters. The number of rotatable bonds is 5. The number of fused-ring (bicyclic) bond motifs is 1. The molecule has 0 aliphatic heterocycles. The highest BCUT2D eigenvalue weighted by atomic mass is 16.5. The zero-order valence-corrected chi connectivity index (χ0v) is 13.4. The van der Waals surface area contributed by atoms with Gasteiger partial charge in [-0.3, -0.25) is 11.3 Å². The molecule has 0 aromatic heterocycles. The molecule has 114 valence electrons. The Balaban J connectivity index is 2.41. The Labute approximate surface area is 127 Å². The second-order valence-electron chi connectivity index (χ2n) is 6.49. The van der Waals surface area contributed by atoms with Crippen molar-refractivity contribution in [3.05, 3.63) is 48.0 Å². The highest BCUT2D eigenvalue weighted by Gasteiger charge is 2.33. The Hall–Kier alpha value is -1.42. The second kappa shape index (κ2) is 6.56. The molecule has 0 bridgehead atoms. The SMILES string of the molecule is CCOC(C(NN)c1ccc2ccccc2c1)C(C)(C)C. The predicted molar refractivity (Wildman–Crippen MR) is 88.9 cm³/mol. The van der Waals surface area contributed by atoms with Crippen LogP contribution in [0.5, 0.6) is 0 Å². The van der Waals surface area contributed by atoms with Crippen molar-refractivity contribution in [3.63, 3.8) is 0 Å². The molecule has 21 heavy (non-hydrogen) atoms. The summed E-state index contributed by atoms with van der Waals surface area (Å²) >= 11 is 0. The van der Waals surface area contributed by atoms with Gasteiger partial charge in [-0.05, 0) is 34.7 Å². The van der Waals surface area contributed by atoms with Crippen LogP contribution in [0.25, 0.3) is 10.8 Å². The molecule has 0 radical (unpaired) electrons. The van der Waals surface area contributed by atoms with Crippen molar-refractivity contribution in [2.75, 3.05) is 6.61 Å². The van der Waals surface area contributed by atoms with E-state index < -0.39 is 0 Å². The molecule has 2 rings (SSSR count). The van der Waals surface area contributed by atoms with Crippen LogP contribution in [0.3, 0.4) is 0 Å². The van der Waals surface area contributed by atoms with Gasteiger partial charge in [0.1, 0.15) is 0 Å². The summed E-state index contributed by atoms with van der Waals surface area (Å²) in [6.07, 6.45) is 0.00802. The molecule has 2 aromatic rings. The van der Waals surface area contributed by atoms with Gasteiger partial charge < -0.3 is 4.74 Å². The Morgan fingerprint density at radius 2 is 1.76 bits per heavy atom. The van der Waals surface area contributed by atoms with Crippen LogP contribution in [0.15, 0.2) is 42.5 Å². The Kier molecular flexibility index (Phi) is 4.99. The van der Waals surface area contributed by atoms with Gasteiger partial charge in [0.05, 0.1) is 12.1 Å². The topological polar surface area (TPSA) is 47.3 Å². The number of hydrogen-bond acceptors (Lipinski definition) is 3. The van der Waals surface area contributed by atoms with Crippen LogP contribution in [0.2, 0.25) is 0 Å². The molecule has 0 saturated heterocycles. The zero-order valence-electron chi connectivity index (χ0n) is 13.4. The first-order valence-electron chi connectivity index (χ1n) is 7.53. The van der Waals surface area contributed by atoms with E-state index in [2.05, 4.69) is 68.7 Å². The van der Waals surface area contributed by atoms with Gasteiger partial charge in [-0.2, -0.15) is 0 Å². The van der Waals surface area contributed by atoms with Crippen LogP contribution in [0.4, 0.5) is 0 Å². The highest BCUT2D eigenvalue weighted by molar-refractivity contribution is 5.83. The Morgan fingerprint density at radius 1 is 1.10 bits per heavy atom. The fourth-order valence-electron chi connectivity index (χ4n) is 2.79. The minimum Gasteiger partial charge on any atom is -0.376 e. The summed E-state index contributed by atoms with van der Waals surface area (Å²) in [4.78, 5) is 0. The first-order chi connectivity index (χ1) is 9.97. The third-order valence-corrected chi connectivity index (χ3v) is 3.81. The standard InChI is InChI=1S/C18H26N2O/c1-5-21-17(18(2,3)4)16(20-19)15-11-10-13-8-6-7-9-14(13)12-15/h6-12,16-17,20H,5,19H2,1-4H3. The predicted octanol–water partition coefficient (Wildman–Crippen LogP) is 3.80. The van der Waals surface area contributed by atoms with Crippen molar-refractivity contribution in [2.24, 2.45) is 11.3 Å². The molecule has 0 aliphatic carbocycles. The van der Waals surface area contributed by atoms with Crippen molar-refractivity contribution < 1.29 is 4.74 Å². The lowest BCUT2D eigenvalue weighted by molar-refractivity contribution is -0.0366.